The first kappa shape index (κ1) is 15.8. The fourth-order valence-corrected chi connectivity index (χ4v) is 5.50. The number of ether oxygens (including phenoxy) is 1. The van der Waals surface area contributed by atoms with Gasteiger partial charge in [0.05, 0.1) is 28.2 Å². The zero-order chi connectivity index (χ0) is 16.2. The van der Waals surface area contributed by atoms with Gasteiger partial charge in [-0.1, -0.05) is 0 Å². The van der Waals surface area contributed by atoms with E-state index in [1.165, 1.54) is 11.3 Å². The number of hydrogen-bond acceptors (Lipinski definition) is 4. The van der Waals surface area contributed by atoms with Crippen LogP contribution in [-0.4, -0.2) is 43.7 Å². The zero-order valence-electron chi connectivity index (χ0n) is 12.4. The van der Waals surface area contributed by atoms with E-state index in [1.54, 1.807) is 4.90 Å². The molecule has 23 heavy (non-hydrogen) atoms. The predicted octanol–water partition coefficient (Wildman–Crippen LogP) is 3.19. The zero-order valence-corrected chi connectivity index (χ0v) is 14.8. The summed E-state index contributed by atoms with van der Waals surface area (Å²) in [7, 11) is 0. The van der Waals surface area contributed by atoms with Gasteiger partial charge in [0.1, 0.15) is 4.88 Å². The molecule has 0 bridgehead atoms. The number of anilines is 1. The first-order chi connectivity index (χ1) is 10.9. The smallest absolute Gasteiger partial charge is 0.269 e. The Morgan fingerprint density at radius 2 is 2.22 bits per heavy atom. The third kappa shape index (κ3) is 2.78. The van der Waals surface area contributed by atoms with Crippen LogP contribution in [0.15, 0.2) is 3.79 Å². The Bertz CT molecular complexity index is 646. The standard InChI is InChI=1S/C15H17BrF2N2O2S/c16-13-8-5-15(17,18)7-20-6-9(10-3-1-2-4-22-10)19-14(21)12(23-13)11(8)20/h9-10H,1-7H2,(H,19,21)/t9-,10?/m0/s1. The Hall–Kier alpha value is -0.730. The minimum absolute atomic E-state index is 0.0934. The van der Waals surface area contributed by atoms with Crippen LogP contribution >= 0.6 is 27.3 Å². The van der Waals surface area contributed by atoms with Crippen molar-refractivity contribution < 1.29 is 18.3 Å². The van der Waals surface area contributed by atoms with Gasteiger partial charge in [-0.15, -0.1) is 11.3 Å². The molecule has 3 aliphatic rings. The number of alkyl halides is 2. The van der Waals surface area contributed by atoms with Crippen molar-refractivity contribution in [3.63, 3.8) is 0 Å². The highest BCUT2D eigenvalue weighted by Crippen LogP contribution is 2.47. The number of rotatable bonds is 1. The highest BCUT2D eigenvalue weighted by Gasteiger charge is 2.45. The van der Waals surface area contributed by atoms with E-state index < -0.39 is 5.92 Å². The second kappa shape index (κ2) is 5.67. The summed E-state index contributed by atoms with van der Waals surface area (Å²) in [5, 5.41) is 3.00. The van der Waals surface area contributed by atoms with E-state index in [2.05, 4.69) is 21.2 Å². The summed E-state index contributed by atoms with van der Waals surface area (Å²) in [6.07, 6.45) is 2.52. The molecule has 1 amide bonds. The number of hydrogen-bond donors (Lipinski definition) is 1. The topological polar surface area (TPSA) is 41.6 Å². The molecule has 3 aliphatic heterocycles. The van der Waals surface area contributed by atoms with E-state index in [0.29, 0.717) is 33.1 Å². The SMILES string of the molecule is O=C1N[C@H](C2CCCCO2)CN2CC(F)(F)Cc3c(Br)sc1c32. The van der Waals surface area contributed by atoms with Crippen LogP contribution in [-0.2, 0) is 11.2 Å². The van der Waals surface area contributed by atoms with Gasteiger partial charge in [-0.25, -0.2) is 8.78 Å². The molecule has 0 aromatic carbocycles. The van der Waals surface area contributed by atoms with Gasteiger partial charge in [0.2, 0.25) is 0 Å². The largest absolute Gasteiger partial charge is 0.376 e. The van der Waals surface area contributed by atoms with Crippen molar-refractivity contribution in [2.75, 3.05) is 24.6 Å². The van der Waals surface area contributed by atoms with Gasteiger partial charge in [0.15, 0.2) is 0 Å². The molecular formula is C15H17BrF2N2O2S. The van der Waals surface area contributed by atoms with Crippen molar-refractivity contribution in [3.05, 3.63) is 14.2 Å². The van der Waals surface area contributed by atoms with Crippen molar-refractivity contribution in [3.8, 4) is 0 Å². The maximum Gasteiger partial charge on any atom is 0.269 e. The van der Waals surface area contributed by atoms with Crippen LogP contribution in [0.2, 0.25) is 0 Å². The van der Waals surface area contributed by atoms with Crippen molar-refractivity contribution >= 4 is 38.9 Å². The monoisotopic (exact) mass is 406 g/mol. The molecule has 0 radical (unpaired) electrons. The molecule has 4 rings (SSSR count). The summed E-state index contributed by atoms with van der Waals surface area (Å²) in [6, 6.07) is -0.247. The molecule has 8 heteroatoms. The first-order valence-electron chi connectivity index (χ1n) is 7.81. The van der Waals surface area contributed by atoms with E-state index in [9.17, 15) is 13.6 Å². The lowest BCUT2D eigenvalue weighted by molar-refractivity contribution is -0.0109. The summed E-state index contributed by atoms with van der Waals surface area (Å²) in [6.45, 7) is 0.704. The lowest BCUT2D eigenvalue weighted by atomic mass is 9.99. The molecular weight excluding hydrogens is 390 g/mol. The van der Waals surface area contributed by atoms with Gasteiger partial charge < -0.3 is 15.0 Å². The van der Waals surface area contributed by atoms with E-state index in [4.69, 9.17) is 4.74 Å². The van der Waals surface area contributed by atoms with E-state index in [0.717, 1.165) is 19.3 Å². The molecule has 1 aromatic heterocycles. The molecule has 0 aliphatic carbocycles. The minimum Gasteiger partial charge on any atom is -0.376 e. The van der Waals surface area contributed by atoms with Gasteiger partial charge in [-0.2, -0.15) is 0 Å². The Morgan fingerprint density at radius 1 is 1.39 bits per heavy atom. The van der Waals surface area contributed by atoms with Crippen LogP contribution in [0.1, 0.15) is 34.5 Å². The van der Waals surface area contributed by atoms with Crippen molar-refractivity contribution in [2.24, 2.45) is 0 Å². The molecule has 4 heterocycles. The molecule has 1 unspecified atom stereocenters. The number of carbonyl (C=O) groups is 1. The summed E-state index contributed by atoms with van der Waals surface area (Å²) >= 11 is 4.59. The highest BCUT2D eigenvalue weighted by atomic mass is 79.9. The Balaban J connectivity index is 1.71. The van der Waals surface area contributed by atoms with Crippen LogP contribution in [0.25, 0.3) is 0 Å². The maximum absolute atomic E-state index is 14.1. The number of halogens is 3. The minimum atomic E-state index is -2.78. The molecule has 0 saturated carbocycles. The van der Waals surface area contributed by atoms with Crippen LogP contribution in [0.5, 0.6) is 0 Å². The van der Waals surface area contributed by atoms with Gasteiger partial charge >= 0.3 is 0 Å². The molecule has 126 valence electrons. The fourth-order valence-electron chi connectivity index (χ4n) is 3.71. The number of nitrogens with one attached hydrogen (secondary N) is 1. The van der Waals surface area contributed by atoms with Crippen molar-refractivity contribution in [1.29, 1.82) is 0 Å². The van der Waals surface area contributed by atoms with E-state index in [-0.39, 0.29) is 31.0 Å². The Morgan fingerprint density at radius 3 is 2.96 bits per heavy atom. The average molecular weight is 407 g/mol. The Labute approximate surface area is 145 Å². The van der Waals surface area contributed by atoms with Crippen LogP contribution in [0.3, 0.4) is 0 Å². The number of carbonyl (C=O) groups excluding carboxylic acids is 1. The van der Waals surface area contributed by atoms with Gasteiger partial charge in [0.25, 0.3) is 11.8 Å². The molecule has 1 N–H and O–H groups in total. The van der Waals surface area contributed by atoms with Crippen molar-refractivity contribution in [2.45, 2.75) is 43.8 Å². The summed E-state index contributed by atoms with van der Waals surface area (Å²) in [4.78, 5) is 14.8. The quantitative estimate of drug-likeness (QED) is 0.778. The van der Waals surface area contributed by atoms with Crippen LogP contribution < -0.4 is 10.2 Å². The van der Waals surface area contributed by atoms with E-state index >= 15 is 0 Å². The average Bonchev–Trinajstić information content (AvgIpc) is 2.76. The molecule has 1 saturated heterocycles. The van der Waals surface area contributed by atoms with Crippen molar-refractivity contribution in [1.82, 2.24) is 5.32 Å². The summed E-state index contributed by atoms with van der Waals surface area (Å²) in [5.41, 5.74) is 1.24. The molecule has 4 nitrogen and oxygen atoms in total. The third-order valence-electron chi connectivity index (χ3n) is 4.71. The third-order valence-corrected chi connectivity index (χ3v) is 6.68. The normalized spacial score (nSPS) is 29.7. The summed E-state index contributed by atoms with van der Waals surface area (Å²) < 4.78 is 34.7. The lowest BCUT2D eigenvalue weighted by Gasteiger charge is -2.37. The van der Waals surface area contributed by atoms with E-state index in [1.807, 2.05) is 0 Å². The molecule has 1 fully saturated rings. The summed E-state index contributed by atoms with van der Waals surface area (Å²) in [5.74, 6) is -2.96. The number of amides is 1. The molecule has 2 atom stereocenters. The lowest BCUT2D eigenvalue weighted by Crippen LogP contribution is -2.53. The number of thiophene rings is 1. The second-order valence-corrected chi connectivity index (χ2v) is 8.77. The predicted molar refractivity (Wildman–Crippen MR) is 87.7 cm³/mol. The maximum atomic E-state index is 14.1. The molecule has 1 aromatic rings. The van der Waals surface area contributed by atoms with Crippen LogP contribution in [0, 0.1) is 0 Å². The van der Waals surface area contributed by atoms with Gasteiger partial charge in [-0.3, -0.25) is 4.79 Å². The molecule has 0 spiro atoms. The Kier molecular flexibility index (Phi) is 3.89. The number of nitrogens with zero attached hydrogens (tertiary/aromatic N) is 1. The fraction of sp³-hybridized carbons (Fsp3) is 0.667. The van der Waals surface area contributed by atoms with Crippen LogP contribution in [0.4, 0.5) is 14.5 Å². The highest BCUT2D eigenvalue weighted by molar-refractivity contribution is 9.11. The first-order valence-corrected chi connectivity index (χ1v) is 9.42. The van der Waals surface area contributed by atoms with Gasteiger partial charge in [0, 0.05) is 25.1 Å². The van der Waals surface area contributed by atoms with Gasteiger partial charge in [-0.05, 0) is 35.2 Å². The second-order valence-electron chi connectivity index (χ2n) is 6.43.